The monoisotopic (exact) mass is 222 g/mol. The Morgan fingerprint density at radius 1 is 1.38 bits per heavy atom. The smallest absolute Gasteiger partial charge is 0.253 e. The predicted octanol–water partition coefficient (Wildman–Crippen LogP) is 1.40. The van der Waals surface area contributed by atoms with Crippen LogP contribution in [-0.4, -0.2) is 16.0 Å². The van der Waals surface area contributed by atoms with Crippen molar-refractivity contribution >= 4 is 5.91 Å². The Labute approximate surface area is 95.3 Å². The highest BCUT2D eigenvalue weighted by atomic mass is 16.2. The fourth-order valence-corrected chi connectivity index (χ4v) is 1.33. The number of nitrogens with zero attached hydrogens (tertiary/aromatic N) is 1. The highest BCUT2D eigenvalue weighted by molar-refractivity contribution is 5.94. The normalized spacial score (nSPS) is 11.2. The first-order valence-electron chi connectivity index (χ1n) is 5.36. The molecule has 16 heavy (non-hydrogen) atoms. The van der Waals surface area contributed by atoms with Crippen molar-refractivity contribution in [3.63, 3.8) is 0 Å². The van der Waals surface area contributed by atoms with Crippen molar-refractivity contribution < 1.29 is 4.79 Å². The third-order valence-electron chi connectivity index (χ3n) is 2.07. The van der Waals surface area contributed by atoms with Gasteiger partial charge in [0.2, 0.25) is 0 Å². The number of carbonyl (C=O) groups is 1. The van der Waals surface area contributed by atoms with Crippen LogP contribution in [0.1, 0.15) is 38.1 Å². The minimum absolute atomic E-state index is 0.0881. The zero-order chi connectivity index (χ0) is 12.3. The van der Waals surface area contributed by atoms with E-state index in [4.69, 9.17) is 0 Å². The molecule has 0 saturated heterocycles. The Kier molecular flexibility index (Phi) is 3.52. The van der Waals surface area contributed by atoms with Crippen LogP contribution in [0.4, 0.5) is 0 Å². The summed E-state index contributed by atoms with van der Waals surface area (Å²) in [6.45, 7) is 8.19. The number of aryl methyl sites for hydroxylation is 1. The summed E-state index contributed by atoms with van der Waals surface area (Å²) in [7, 11) is 0. The zero-order valence-electron chi connectivity index (χ0n) is 10.2. The molecule has 1 aromatic heterocycles. The number of nitrogens with one attached hydrogen (secondary N) is 1. The summed E-state index contributed by atoms with van der Waals surface area (Å²) in [5.74, 6) is -0.158. The van der Waals surface area contributed by atoms with Gasteiger partial charge >= 0.3 is 0 Å². The van der Waals surface area contributed by atoms with Crippen LogP contribution in [0.2, 0.25) is 0 Å². The van der Waals surface area contributed by atoms with Gasteiger partial charge < -0.3 is 9.88 Å². The Morgan fingerprint density at radius 3 is 2.50 bits per heavy atom. The first-order chi connectivity index (χ1) is 7.33. The van der Waals surface area contributed by atoms with Crippen LogP contribution in [0.5, 0.6) is 0 Å². The van der Waals surface area contributed by atoms with Crippen molar-refractivity contribution in [2.24, 2.45) is 0 Å². The van der Waals surface area contributed by atoms with Gasteiger partial charge in [-0.1, -0.05) is 0 Å². The number of aromatic nitrogens is 1. The van der Waals surface area contributed by atoms with Crippen molar-refractivity contribution in [2.75, 3.05) is 0 Å². The van der Waals surface area contributed by atoms with E-state index in [2.05, 4.69) is 5.32 Å². The van der Waals surface area contributed by atoms with Gasteiger partial charge in [0.05, 0.1) is 5.56 Å². The molecular formula is C12H18N2O2. The van der Waals surface area contributed by atoms with Gasteiger partial charge in [0.15, 0.2) is 0 Å². The van der Waals surface area contributed by atoms with E-state index in [-0.39, 0.29) is 17.0 Å². The molecule has 4 heteroatoms. The Balaban J connectivity index is 2.97. The third kappa shape index (κ3) is 3.22. The Hall–Kier alpha value is -1.58. The summed E-state index contributed by atoms with van der Waals surface area (Å²) in [5.41, 5.74) is 0.149. The minimum atomic E-state index is -0.274. The average Bonchev–Trinajstić information content (AvgIpc) is 2.15. The maximum Gasteiger partial charge on any atom is 0.253 e. The first-order valence-corrected chi connectivity index (χ1v) is 5.36. The summed E-state index contributed by atoms with van der Waals surface area (Å²) in [5, 5.41) is 2.85. The molecule has 0 aliphatic carbocycles. The van der Waals surface area contributed by atoms with E-state index in [0.29, 0.717) is 12.1 Å². The van der Waals surface area contributed by atoms with Crippen molar-refractivity contribution in [1.29, 1.82) is 0 Å². The molecule has 0 fully saturated rings. The molecule has 1 amide bonds. The summed E-state index contributed by atoms with van der Waals surface area (Å²) >= 11 is 0. The highest BCUT2D eigenvalue weighted by Crippen LogP contribution is 2.03. The lowest BCUT2D eigenvalue weighted by Crippen LogP contribution is -2.41. The van der Waals surface area contributed by atoms with Crippen LogP contribution in [-0.2, 0) is 6.54 Å². The van der Waals surface area contributed by atoms with E-state index in [1.807, 2.05) is 27.7 Å². The van der Waals surface area contributed by atoms with Crippen LogP contribution in [0.15, 0.2) is 23.1 Å². The number of hydrogen-bond acceptors (Lipinski definition) is 2. The summed E-state index contributed by atoms with van der Waals surface area (Å²) < 4.78 is 1.51. The maximum atomic E-state index is 11.8. The van der Waals surface area contributed by atoms with Crippen molar-refractivity contribution in [3.05, 3.63) is 34.2 Å². The van der Waals surface area contributed by atoms with E-state index < -0.39 is 0 Å². The molecule has 0 bridgehead atoms. The zero-order valence-corrected chi connectivity index (χ0v) is 10.2. The quantitative estimate of drug-likeness (QED) is 0.822. The lowest BCUT2D eigenvalue weighted by molar-refractivity contribution is 0.0918. The van der Waals surface area contributed by atoms with Gasteiger partial charge in [-0.15, -0.1) is 0 Å². The number of carbonyl (C=O) groups excluding carboxylic acids is 1. The SMILES string of the molecule is CCn1cc(C(=O)NC(C)(C)C)ccc1=O. The van der Waals surface area contributed by atoms with Crippen molar-refractivity contribution in [3.8, 4) is 0 Å². The van der Waals surface area contributed by atoms with Gasteiger partial charge in [0, 0.05) is 24.3 Å². The molecule has 1 heterocycles. The lowest BCUT2D eigenvalue weighted by Gasteiger charge is -2.20. The fourth-order valence-electron chi connectivity index (χ4n) is 1.33. The molecule has 0 radical (unpaired) electrons. The molecule has 4 nitrogen and oxygen atoms in total. The summed E-state index contributed by atoms with van der Waals surface area (Å²) in [6, 6.07) is 2.97. The van der Waals surface area contributed by atoms with E-state index in [0.717, 1.165) is 0 Å². The number of pyridine rings is 1. The van der Waals surface area contributed by atoms with Crippen LogP contribution < -0.4 is 10.9 Å². The van der Waals surface area contributed by atoms with E-state index in [1.54, 1.807) is 12.3 Å². The molecular weight excluding hydrogens is 204 g/mol. The Bertz CT molecular complexity index is 441. The first kappa shape index (κ1) is 12.5. The average molecular weight is 222 g/mol. The molecule has 1 rings (SSSR count). The molecule has 88 valence electrons. The maximum absolute atomic E-state index is 11.8. The van der Waals surface area contributed by atoms with Gasteiger partial charge in [-0.3, -0.25) is 9.59 Å². The van der Waals surface area contributed by atoms with Gasteiger partial charge in [0.1, 0.15) is 0 Å². The van der Waals surface area contributed by atoms with Gasteiger partial charge in [-0.05, 0) is 33.8 Å². The topological polar surface area (TPSA) is 51.1 Å². The van der Waals surface area contributed by atoms with Crippen LogP contribution in [0.3, 0.4) is 0 Å². The molecule has 1 aromatic rings. The summed E-state index contributed by atoms with van der Waals surface area (Å²) in [6.07, 6.45) is 1.59. The highest BCUT2D eigenvalue weighted by Gasteiger charge is 2.15. The van der Waals surface area contributed by atoms with E-state index in [9.17, 15) is 9.59 Å². The molecule has 0 spiro atoms. The lowest BCUT2D eigenvalue weighted by atomic mass is 10.1. The molecule has 0 aliphatic heterocycles. The second-order valence-corrected chi connectivity index (χ2v) is 4.75. The number of hydrogen-bond donors (Lipinski definition) is 1. The van der Waals surface area contributed by atoms with Gasteiger partial charge in [-0.2, -0.15) is 0 Å². The van der Waals surface area contributed by atoms with Crippen LogP contribution >= 0.6 is 0 Å². The van der Waals surface area contributed by atoms with E-state index in [1.165, 1.54) is 10.6 Å². The largest absolute Gasteiger partial charge is 0.347 e. The minimum Gasteiger partial charge on any atom is -0.347 e. The summed E-state index contributed by atoms with van der Waals surface area (Å²) in [4.78, 5) is 23.2. The van der Waals surface area contributed by atoms with Crippen LogP contribution in [0.25, 0.3) is 0 Å². The molecule has 0 aliphatic rings. The number of rotatable bonds is 2. The molecule has 1 N–H and O–H groups in total. The molecule has 0 atom stereocenters. The predicted molar refractivity (Wildman–Crippen MR) is 63.6 cm³/mol. The Morgan fingerprint density at radius 2 is 2.00 bits per heavy atom. The second kappa shape index (κ2) is 4.51. The molecule has 0 aromatic carbocycles. The van der Waals surface area contributed by atoms with E-state index >= 15 is 0 Å². The van der Waals surface area contributed by atoms with Gasteiger partial charge in [0.25, 0.3) is 11.5 Å². The molecule has 0 unspecified atom stereocenters. The van der Waals surface area contributed by atoms with Gasteiger partial charge in [-0.25, -0.2) is 0 Å². The standard InChI is InChI=1S/C12H18N2O2/c1-5-14-8-9(6-7-10(14)15)11(16)13-12(2,3)4/h6-8H,5H2,1-4H3,(H,13,16). The van der Waals surface area contributed by atoms with Crippen molar-refractivity contribution in [1.82, 2.24) is 9.88 Å². The third-order valence-corrected chi connectivity index (χ3v) is 2.07. The fraction of sp³-hybridized carbons (Fsp3) is 0.500. The second-order valence-electron chi connectivity index (χ2n) is 4.75. The van der Waals surface area contributed by atoms with Crippen LogP contribution in [0, 0.1) is 0 Å². The van der Waals surface area contributed by atoms with Crippen molar-refractivity contribution in [2.45, 2.75) is 39.8 Å². The molecule has 0 saturated carbocycles. The number of amides is 1.